The van der Waals surface area contributed by atoms with Gasteiger partial charge >= 0.3 is 0 Å². The molecule has 10 aromatic rings. The molecule has 1 aliphatic carbocycles. The zero-order valence-corrected chi connectivity index (χ0v) is 32.5. The van der Waals surface area contributed by atoms with Gasteiger partial charge in [0.1, 0.15) is 0 Å². The fourth-order valence-corrected chi connectivity index (χ4v) is 9.57. The minimum atomic E-state index is -0.109. The molecule has 0 saturated carbocycles. The van der Waals surface area contributed by atoms with E-state index >= 15 is 0 Å². The van der Waals surface area contributed by atoms with Gasteiger partial charge < -0.3 is 4.90 Å². The second-order valence-electron chi connectivity index (χ2n) is 15.9. The summed E-state index contributed by atoms with van der Waals surface area (Å²) in [6.45, 7) is 4.70. The van der Waals surface area contributed by atoms with Gasteiger partial charge in [-0.05, 0) is 130 Å². The third kappa shape index (κ3) is 5.37. The van der Waals surface area contributed by atoms with Crippen LogP contribution in [0.3, 0.4) is 0 Å². The molecule has 11 rings (SSSR count). The van der Waals surface area contributed by atoms with Crippen molar-refractivity contribution in [1.82, 2.24) is 4.98 Å². The Bertz CT molecular complexity index is 3120. The quantitative estimate of drug-likeness (QED) is 0.158. The van der Waals surface area contributed by atoms with E-state index in [9.17, 15) is 0 Å². The van der Waals surface area contributed by atoms with Crippen molar-refractivity contribution in [2.24, 2.45) is 0 Å². The van der Waals surface area contributed by atoms with Crippen LogP contribution in [0.2, 0.25) is 0 Å². The Morgan fingerprint density at radius 2 is 0.914 bits per heavy atom. The standard InChI is InChI=1S/C56H40N2/c1-56(2)52-23-10-9-17-45(52)46-33-32-43(35-53(46)56)58(41-28-24-37(25-29-41)40-15-12-34-57-36-40)42-30-26-39(27-31-42)54-48-18-5-7-20-50(48)55(51-21-8-6-19-49(51)54)47-22-11-14-38-13-3-4-16-44(38)47/h3-36H,1-2H3. The van der Waals surface area contributed by atoms with Gasteiger partial charge in [-0.1, -0.05) is 166 Å². The Morgan fingerprint density at radius 1 is 0.379 bits per heavy atom. The lowest BCUT2D eigenvalue weighted by Crippen LogP contribution is -2.16. The van der Waals surface area contributed by atoms with Crippen LogP contribution >= 0.6 is 0 Å². The van der Waals surface area contributed by atoms with Crippen molar-refractivity contribution in [3.63, 3.8) is 0 Å². The number of nitrogens with zero attached hydrogens (tertiary/aromatic N) is 2. The van der Waals surface area contributed by atoms with Gasteiger partial charge in [0.15, 0.2) is 0 Å². The number of benzene rings is 9. The molecule has 0 saturated heterocycles. The fraction of sp³-hybridized carbons (Fsp3) is 0.0536. The highest BCUT2D eigenvalue weighted by Crippen LogP contribution is 2.51. The second kappa shape index (κ2) is 13.4. The number of aromatic nitrogens is 1. The van der Waals surface area contributed by atoms with E-state index in [1.165, 1.54) is 76.8 Å². The van der Waals surface area contributed by atoms with Gasteiger partial charge in [0.25, 0.3) is 0 Å². The second-order valence-corrected chi connectivity index (χ2v) is 15.9. The van der Waals surface area contributed by atoms with E-state index in [0.29, 0.717) is 0 Å². The molecule has 1 aromatic heterocycles. The first-order valence-corrected chi connectivity index (χ1v) is 20.1. The van der Waals surface area contributed by atoms with Crippen molar-refractivity contribution in [3.8, 4) is 44.5 Å². The number of fused-ring (bicyclic) bond motifs is 6. The molecule has 9 aromatic carbocycles. The molecule has 0 fully saturated rings. The number of anilines is 3. The molecule has 58 heavy (non-hydrogen) atoms. The van der Waals surface area contributed by atoms with E-state index in [0.717, 1.165) is 28.2 Å². The number of hydrogen-bond acceptors (Lipinski definition) is 2. The zero-order chi connectivity index (χ0) is 38.8. The summed E-state index contributed by atoms with van der Waals surface area (Å²) in [5, 5.41) is 7.54. The van der Waals surface area contributed by atoms with Gasteiger partial charge in [-0.15, -0.1) is 0 Å². The van der Waals surface area contributed by atoms with Crippen LogP contribution in [-0.4, -0.2) is 4.98 Å². The van der Waals surface area contributed by atoms with Crippen LogP contribution in [0.1, 0.15) is 25.0 Å². The Hall–Kier alpha value is -7.29. The van der Waals surface area contributed by atoms with Crippen molar-refractivity contribution in [3.05, 3.63) is 218 Å². The summed E-state index contributed by atoms with van der Waals surface area (Å²) >= 11 is 0. The Labute approximate surface area is 339 Å². The molecule has 2 nitrogen and oxygen atoms in total. The predicted molar refractivity (Wildman–Crippen MR) is 245 cm³/mol. The summed E-state index contributed by atoms with van der Waals surface area (Å²) in [6.07, 6.45) is 3.75. The van der Waals surface area contributed by atoms with Gasteiger partial charge in [0, 0.05) is 34.9 Å². The molecule has 2 heteroatoms. The molecule has 0 amide bonds. The fourth-order valence-electron chi connectivity index (χ4n) is 9.57. The number of pyridine rings is 1. The molecule has 0 aliphatic heterocycles. The first kappa shape index (κ1) is 34.0. The van der Waals surface area contributed by atoms with Crippen LogP contribution in [0.5, 0.6) is 0 Å². The summed E-state index contributed by atoms with van der Waals surface area (Å²) in [6, 6.07) is 71.3. The molecule has 0 unspecified atom stereocenters. The summed E-state index contributed by atoms with van der Waals surface area (Å²) < 4.78 is 0. The molecule has 274 valence electrons. The van der Waals surface area contributed by atoms with Crippen molar-refractivity contribution in [2.45, 2.75) is 19.3 Å². The molecule has 1 aliphatic rings. The number of hydrogen-bond donors (Lipinski definition) is 0. The number of rotatable bonds is 6. The van der Waals surface area contributed by atoms with E-state index in [4.69, 9.17) is 0 Å². The van der Waals surface area contributed by atoms with Crippen LogP contribution < -0.4 is 4.90 Å². The molecular weight excluding hydrogens is 701 g/mol. The van der Waals surface area contributed by atoms with Crippen molar-refractivity contribution < 1.29 is 0 Å². The monoisotopic (exact) mass is 740 g/mol. The van der Waals surface area contributed by atoms with Crippen LogP contribution in [0.25, 0.3) is 76.8 Å². The maximum absolute atomic E-state index is 4.37. The highest BCUT2D eigenvalue weighted by atomic mass is 15.1. The maximum Gasteiger partial charge on any atom is 0.0465 e. The smallest absolute Gasteiger partial charge is 0.0465 e. The average Bonchev–Trinajstić information content (AvgIpc) is 3.51. The zero-order valence-electron chi connectivity index (χ0n) is 32.5. The van der Waals surface area contributed by atoms with E-state index in [-0.39, 0.29) is 5.41 Å². The first-order valence-electron chi connectivity index (χ1n) is 20.1. The largest absolute Gasteiger partial charge is 0.310 e. The Kier molecular flexibility index (Phi) is 7.87. The molecule has 0 bridgehead atoms. The highest BCUT2D eigenvalue weighted by Gasteiger charge is 2.35. The molecule has 0 spiro atoms. The predicted octanol–water partition coefficient (Wildman–Crippen LogP) is 15.3. The lowest BCUT2D eigenvalue weighted by atomic mass is 9.82. The Morgan fingerprint density at radius 3 is 1.59 bits per heavy atom. The van der Waals surface area contributed by atoms with Crippen LogP contribution in [0.15, 0.2) is 207 Å². The van der Waals surface area contributed by atoms with Gasteiger partial charge in [-0.2, -0.15) is 0 Å². The first-order chi connectivity index (χ1) is 28.5. The lowest BCUT2D eigenvalue weighted by molar-refractivity contribution is 0.660. The van der Waals surface area contributed by atoms with Crippen LogP contribution in [0, 0.1) is 0 Å². The van der Waals surface area contributed by atoms with Gasteiger partial charge in [-0.3, -0.25) is 4.98 Å². The van der Waals surface area contributed by atoms with Gasteiger partial charge in [-0.25, -0.2) is 0 Å². The summed E-state index contributed by atoms with van der Waals surface area (Å²) in [4.78, 5) is 6.77. The van der Waals surface area contributed by atoms with E-state index in [1.54, 1.807) is 0 Å². The third-order valence-corrected chi connectivity index (χ3v) is 12.4. The summed E-state index contributed by atoms with van der Waals surface area (Å²) in [7, 11) is 0. The van der Waals surface area contributed by atoms with Crippen molar-refractivity contribution in [1.29, 1.82) is 0 Å². The van der Waals surface area contributed by atoms with E-state index in [2.05, 4.69) is 212 Å². The van der Waals surface area contributed by atoms with Gasteiger partial charge in [0.2, 0.25) is 0 Å². The van der Waals surface area contributed by atoms with E-state index in [1.807, 2.05) is 18.5 Å². The molecule has 0 N–H and O–H groups in total. The van der Waals surface area contributed by atoms with Crippen molar-refractivity contribution >= 4 is 49.4 Å². The normalized spacial score (nSPS) is 12.8. The molecular formula is C56H40N2. The lowest BCUT2D eigenvalue weighted by Gasteiger charge is -2.28. The maximum atomic E-state index is 4.37. The topological polar surface area (TPSA) is 16.1 Å². The summed E-state index contributed by atoms with van der Waals surface area (Å²) in [5.74, 6) is 0. The minimum Gasteiger partial charge on any atom is -0.310 e. The SMILES string of the molecule is CC1(C)c2ccccc2-c2ccc(N(c3ccc(-c4cccnc4)cc3)c3ccc(-c4c5ccccc5c(-c5cccc6ccccc56)c5ccccc45)cc3)cc21. The highest BCUT2D eigenvalue weighted by molar-refractivity contribution is 6.23. The van der Waals surface area contributed by atoms with Gasteiger partial charge in [0.05, 0.1) is 0 Å². The third-order valence-electron chi connectivity index (χ3n) is 12.4. The van der Waals surface area contributed by atoms with Crippen molar-refractivity contribution in [2.75, 3.05) is 4.90 Å². The van der Waals surface area contributed by atoms with E-state index < -0.39 is 0 Å². The average molecular weight is 741 g/mol. The van der Waals surface area contributed by atoms with Crippen LogP contribution in [-0.2, 0) is 5.41 Å². The molecule has 0 atom stereocenters. The molecule has 1 heterocycles. The summed E-state index contributed by atoms with van der Waals surface area (Å²) in [5.41, 5.74) is 15.8. The Balaban J connectivity index is 1.07. The molecule has 0 radical (unpaired) electrons. The minimum absolute atomic E-state index is 0.109. The van der Waals surface area contributed by atoms with Crippen LogP contribution in [0.4, 0.5) is 17.1 Å².